The Morgan fingerprint density at radius 2 is 2.60 bits per heavy atom. The van der Waals surface area contributed by atoms with E-state index in [1.54, 1.807) is 6.07 Å². The van der Waals surface area contributed by atoms with Gasteiger partial charge >= 0.3 is 5.00 Å². The van der Waals surface area contributed by atoms with E-state index in [1.807, 2.05) is 5.38 Å². The highest BCUT2D eigenvalue weighted by Gasteiger charge is 2.14. The Hall–Kier alpha value is -0.980. The number of rotatable bonds is 4. The van der Waals surface area contributed by atoms with Crippen LogP contribution in [0.3, 0.4) is 0 Å². The molecule has 0 radical (unpaired) electrons. The standard InChI is InChI=1S/C9H13N3O2S/c13-12(14)9-3-7(6-15-9)4-11-8-1-2-10-5-8/h3,6,8,10-11H,1-2,4-5H2. The first kappa shape index (κ1) is 10.5. The predicted octanol–water partition coefficient (Wildman–Crippen LogP) is 1.11. The van der Waals surface area contributed by atoms with Gasteiger partial charge in [0.25, 0.3) is 0 Å². The Labute approximate surface area is 91.6 Å². The molecule has 2 heterocycles. The smallest absolute Gasteiger partial charge is 0.315 e. The molecule has 0 saturated carbocycles. The molecular formula is C9H13N3O2S. The first-order chi connectivity index (χ1) is 7.25. The van der Waals surface area contributed by atoms with Crippen LogP contribution in [-0.2, 0) is 6.54 Å². The summed E-state index contributed by atoms with van der Waals surface area (Å²) >= 11 is 1.19. The topological polar surface area (TPSA) is 67.2 Å². The van der Waals surface area contributed by atoms with E-state index in [1.165, 1.54) is 11.3 Å². The SMILES string of the molecule is O=[N+]([O-])c1cc(CNC2CCNC2)cs1. The van der Waals surface area contributed by atoms with Gasteiger partial charge in [-0.25, -0.2) is 0 Å². The summed E-state index contributed by atoms with van der Waals surface area (Å²) in [6.45, 7) is 2.77. The van der Waals surface area contributed by atoms with E-state index in [9.17, 15) is 10.1 Å². The van der Waals surface area contributed by atoms with Crippen LogP contribution >= 0.6 is 11.3 Å². The Morgan fingerprint density at radius 3 is 3.20 bits per heavy atom. The third-order valence-electron chi connectivity index (χ3n) is 2.48. The van der Waals surface area contributed by atoms with Crippen molar-refractivity contribution in [1.29, 1.82) is 0 Å². The van der Waals surface area contributed by atoms with Gasteiger partial charge in [0.2, 0.25) is 0 Å². The number of thiophene rings is 1. The maximum atomic E-state index is 10.5. The molecule has 0 amide bonds. The number of hydrogen-bond acceptors (Lipinski definition) is 5. The molecule has 5 nitrogen and oxygen atoms in total. The van der Waals surface area contributed by atoms with Gasteiger partial charge in [0.1, 0.15) is 0 Å². The molecule has 0 spiro atoms. The molecule has 1 saturated heterocycles. The average Bonchev–Trinajstić information content (AvgIpc) is 2.86. The Bertz CT molecular complexity index is 347. The summed E-state index contributed by atoms with van der Waals surface area (Å²) in [7, 11) is 0. The maximum absolute atomic E-state index is 10.5. The lowest BCUT2D eigenvalue weighted by Gasteiger charge is -2.09. The highest BCUT2D eigenvalue weighted by molar-refractivity contribution is 7.13. The van der Waals surface area contributed by atoms with Crippen LogP contribution in [-0.4, -0.2) is 24.1 Å². The zero-order valence-electron chi connectivity index (χ0n) is 8.23. The van der Waals surface area contributed by atoms with Crippen molar-refractivity contribution in [1.82, 2.24) is 10.6 Å². The van der Waals surface area contributed by atoms with E-state index >= 15 is 0 Å². The van der Waals surface area contributed by atoms with Gasteiger partial charge < -0.3 is 10.6 Å². The monoisotopic (exact) mass is 227 g/mol. The normalized spacial score (nSPS) is 20.7. The molecule has 1 unspecified atom stereocenters. The molecule has 15 heavy (non-hydrogen) atoms. The minimum atomic E-state index is -0.342. The van der Waals surface area contributed by atoms with Crippen molar-refractivity contribution in [2.24, 2.45) is 0 Å². The Morgan fingerprint density at radius 1 is 1.73 bits per heavy atom. The number of hydrogen-bond donors (Lipinski definition) is 2. The zero-order valence-corrected chi connectivity index (χ0v) is 9.05. The van der Waals surface area contributed by atoms with Crippen molar-refractivity contribution in [2.75, 3.05) is 13.1 Å². The summed E-state index contributed by atoms with van der Waals surface area (Å²) < 4.78 is 0. The molecule has 1 aliphatic rings. The first-order valence-electron chi connectivity index (χ1n) is 4.91. The summed E-state index contributed by atoms with van der Waals surface area (Å²) in [5.41, 5.74) is 0.999. The Kier molecular flexibility index (Phi) is 3.30. The second kappa shape index (κ2) is 4.69. The fourth-order valence-electron chi connectivity index (χ4n) is 1.64. The van der Waals surface area contributed by atoms with E-state index < -0.39 is 0 Å². The summed E-state index contributed by atoms with van der Waals surface area (Å²) in [5, 5.41) is 19.2. The quantitative estimate of drug-likeness (QED) is 0.597. The fourth-order valence-corrected chi connectivity index (χ4v) is 2.37. The van der Waals surface area contributed by atoms with Crippen LogP contribution in [0.1, 0.15) is 12.0 Å². The van der Waals surface area contributed by atoms with Gasteiger partial charge in [-0.2, -0.15) is 0 Å². The maximum Gasteiger partial charge on any atom is 0.324 e. The molecule has 1 aromatic rings. The van der Waals surface area contributed by atoms with Crippen LogP contribution in [0.25, 0.3) is 0 Å². The third-order valence-corrected chi connectivity index (χ3v) is 3.40. The van der Waals surface area contributed by atoms with Crippen LogP contribution in [0, 0.1) is 10.1 Å². The Balaban J connectivity index is 1.84. The van der Waals surface area contributed by atoms with Crippen molar-refractivity contribution in [2.45, 2.75) is 19.0 Å². The van der Waals surface area contributed by atoms with Crippen molar-refractivity contribution in [3.8, 4) is 0 Å². The lowest BCUT2D eigenvalue weighted by atomic mass is 10.2. The van der Waals surface area contributed by atoms with Crippen LogP contribution in [0.4, 0.5) is 5.00 Å². The molecule has 2 N–H and O–H groups in total. The number of nitrogens with zero attached hydrogens (tertiary/aromatic N) is 1. The largest absolute Gasteiger partial charge is 0.324 e. The van der Waals surface area contributed by atoms with Gasteiger partial charge in [0.15, 0.2) is 0 Å². The average molecular weight is 227 g/mol. The molecule has 1 atom stereocenters. The van der Waals surface area contributed by atoms with Gasteiger partial charge in [-0.3, -0.25) is 10.1 Å². The van der Waals surface area contributed by atoms with E-state index in [0.717, 1.165) is 31.6 Å². The van der Waals surface area contributed by atoms with E-state index in [4.69, 9.17) is 0 Å². The molecule has 82 valence electrons. The zero-order chi connectivity index (χ0) is 10.7. The van der Waals surface area contributed by atoms with Crippen LogP contribution in [0.15, 0.2) is 11.4 Å². The minimum absolute atomic E-state index is 0.219. The molecule has 0 bridgehead atoms. The molecule has 0 aromatic carbocycles. The molecule has 1 fully saturated rings. The van der Waals surface area contributed by atoms with Crippen molar-refractivity contribution < 1.29 is 4.92 Å². The van der Waals surface area contributed by atoms with Crippen molar-refractivity contribution in [3.05, 3.63) is 27.1 Å². The number of nitrogens with one attached hydrogen (secondary N) is 2. The van der Waals surface area contributed by atoms with E-state index in [2.05, 4.69) is 10.6 Å². The highest BCUT2D eigenvalue weighted by atomic mass is 32.1. The van der Waals surface area contributed by atoms with E-state index in [0.29, 0.717) is 6.04 Å². The lowest BCUT2D eigenvalue weighted by Crippen LogP contribution is -2.30. The molecule has 6 heteroatoms. The summed E-state index contributed by atoms with van der Waals surface area (Å²) in [6, 6.07) is 2.14. The van der Waals surface area contributed by atoms with Gasteiger partial charge in [0, 0.05) is 30.6 Å². The van der Waals surface area contributed by atoms with Crippen molar-refractivity contribution in [3.63, 3.8) is 0 Å². The molecule has 1 aromatic heterocycles. The fraction of sp³-hybridized carbons (Fsp3) is 0.556. The molecule has 2 rings (SSSR count). The summed E-state index contributed by atoms with van der Waals surface area (Å²) in [5.74, 6) is 0. The van der Waals surface area contributed by atoms with Gasteiger partial charge in [-0.05, 0) is 18.5 Å². The number of nitro groups is 1. The summed E-state index contributed by atoms with van der Waals surface area (Å²) in [6.07, 6.45) is 1.13. The van der Waals surface area contributed by atoms with E-state index in [-0.39, 0.29) is 9.92 Å². The lowest BCUT2D eigenvalue weighted by molar-refractivity contribution is -0.380. The summed E-state index contributed by atoms with van der Waals surface area (Å²) in [4.78, 5) is 10.1. The molecular weight excluding hydrogens is 214 g/mol. The second-order valence-corrected chi connectivity index (χ2v) is 4.51. The van der Waals surface area contributed by atoms with Crippen LogP contribution in [0.5, 0.6) is 0 Å². The van der Waals surface area contributed by atoms with Gasteiger partial charge in [-0.1, -0.05) is 11.3 Å². The second-order valence-electron chi connectivity index (χ2n) is 3.62. The van der Waals surface area contributed by atoms with Gasteiger partial charge in [0.05, 0.1) is 4.92 Å². The minimum Gasteiger partial charge on any atom is -0.315 e. The van der Waals surface area contributed by atoms with Crippen LogP contribution in [0.2, 0.25) is 0 Å². The first-order valence-corrected chi connectivity index (χ1v) is 5.79. The van der Waals surface area contributed by atoms with Crippen LogP contribution < -0.4 is 10.6 Å². The van der Waals surface area contributed by atoms with Crippen molar-refractivity contribution >= 4 is 16.3 Å². The molecule has 1 aliphatic heterocycles. The highest BCUT2D eigenvalue weighted by Crippen LogP contribution is 2.22. The van der Waals surface area contributed by atoms with Gasteiger partial charge in [-0.15, -0.1) is 0 Å². The predicted molar refractivity (Wildman–Crippen MR) is 59.1 cm³/mol. The molecule has 0 aliphatic carbocycles. The third kappa shape index (κ3) is 2.74.